The van der Waals surface area contributed by atoms with Gasteiger partial charge in [0.05, 0.1) is 5.41 Å². The second-order valence-electron chi connectivity index (χ2n) is 12.3. The van der Waals surface area contributed by atoms with Gasteiger partial charge in [0.25, 0.3) is 0 Å². The highest BCUT2D eigenvalue weighted by atomic mass is 32.2. The molecule has 0 fully saturated rings. The number of aromatic hydroxyl groups is 2. The molecule has 40 heavy (non-hydrogen) atoms. The molecule has 3 atom stereocenters. The second kappa shape index (κ2) is 15.7. The van der Waals surface area contributed by atoms with Gasteiger partial charge in [0.15, 0.2) is 0 Å². The van der Waals surface area contributed by atoms with E-state index in [1.54, 1.807) is 12.1 Å². The van der Waals surface area contributed by atoms with Gasteiger partial charge in [-0.15, -0.1) is 11.8 Å². The zero-order valence-electron chi connectivity index (χ0n) is 25.1. The first-order chi connectivity index (χ1) is 19.3. The standard InChI is InChI=1S/C35H52O4S/c1-4-6-7-14-23-35(5-2,33(38)39)24-15-12-10-8-9-11-13-16-31-30-22-21-29(37)25-32(30)40-26-34(31,3)27-17-19-28(36)20-18-27/h17-22,25,31,36-37H,4-16,23-24,26H2,1-3H3,(H,38,39)/t31-,34-,35?/m1/s1. The molecule has 1 unspecified atom stereocenters. The van der Waals surface area contributed by atoms with Crippen LogP contribution >= 0.6 is 11.8 Å². The van der Waals surface area contributed by atoms with Crippen molar-refractivity contribution in [2.75, 3.05) is 5.75 Å². The molecule has 0 saturated heterocycles. The number of hydrogen-bond donors (Lipinski definition) is 3. The van der Waals surface area contributed by atoms with E-state index in [4.69, 9.17) is 0 Å². The Labute approximate surface area is 247 Å². The van der Waals surface area contributed by atoms with Gasteiger partial charge in [0.2, 0.25) is 0 Å². The Morgan fingerprint density at radius 2 is 1.43 bits per heavy atom. The van der Waals surface area contributed by atoms with Gasteiger partial charge < -0.3 is 15.3 Å². The monoisotopic (exact) mass is 568 g/mol. The Hall–Kier alpha value is -2.14. The van der Waals surface area contributed by atoms with Gasteiger partial charge in [-0.05, 0) is 67.0 Å². The third-order valence-electron chi connectivity index (χ3n) is 9.48. The number of phenolic OH excluding ortho intramolecular Hbond substituents is 2. The molecule has 3 N–H and O–H groups in total. The average Bonchev–Trinajstić information content (AvgIpc) is 2.94. The minimum atomic E-state index is -0.594. The minimum absolute atomic E-state index is 0.0329. The summed E-state index contributed by atoms with van der Waals surface area (Å²) >= 11 is 1.82. The summed E-state index contributed by atoms with van der Waals surface area (Å²) in [6.07, 6.45) is 16.2. The molecule has 0 aromatic heterocycles. The van der Waals surface area contributed by atoms with Crippen LogP contribution in [0.5, 0.6) is 11.5 Å². The lowest BCUT2D eigenvalue weighted by Crippen LogP contribution is -2.36. The molecule has 3 rings (SSSR count). The van der Waals surface area contributed by atoms with E-state index < -0.39 is 11.4 Å². The van der Waals surface area contributed by atoms with Crippen molar-refractivity contribution in [2.24, 2.45) is 5.41 Å². The summed E-state index contributed by atoms with van der Waals surface area (Å²) in [5.74, 6) is 1.35. The van der Waals surface area contributed by atoms with Gasteiger partial charge in [0, 0.05) is 16.1 Å². The molecule has 1 aliphatic rings. The molecular formula is C35H52O4S. The van der Waals surface area contributed by atoms with Crippen molar-refractivity contribution < 1.29 is 20.1 Å². The number of fused-ring (bicyclic) bond motifs is 1. The number of phenols is 2. The van der Waals surface area contributed by atoms with Crippen LogP contribution in [0.4, 0.5) is 0 Å². The van der Waals surface area contributed by atoms with Crippen LogP contribution in [-0.2, 0) is 10.2 Å². The van der Waals surface area contributed by atoms with Crippen LogP contribution < -0.4 is 0 Å². The number of hydrogen-bond acceptors (Lipinski definition) is 4. The average molecular weight is 569 g/mol. The number of unbranched alkanes of at least 4 members (excludes halogenated alkanes) is 9. The molecule has 0 radical (unpaired) electrons. The molecule has 2 aromatic rings. The Kier molecular flexibility index (Phi) is 12.7. The molecule has 0 amide bonds. The number of carbonyl (C=O) groups is 1. The third kappa shape index (κ3) is 8.44. The molecule has 0 spiro atoms. The van der Waals surface area contributed by atoms with Gasteiger partial charge in [-0.25, -0.2) is 0 Å². The van der Waals surface area contributed by atoms with Crippen molar-refractivity contribution in [3.63, 3.8) is 0 Å². The van der Waals surface area contributed by atoms with Crippen LogP contribution in [-0.4, -0.2) is 27.0 Å². The summed E-state index contributed by atoms with van der Waals surface area (Å²) in [4.78, 5) is 13.3. The highest BCUT2D eigenvalue weighted by Crippen LogP contribution is 2.52. The zero-order valence-corrected chi connectivity index (χ0v) is 25.9. The SMILES string of the molecule is CCCCCCC(CC)(CCCCCCCCC[C@@H]1c2ccc(O)cc2SC[C@]1(C)c1ccc(O)cc1)C(=O)O. The molecule has 1 heterocycles. The lowest BCUT2D eigenvalue weighted by atomic mass is 9.68. The minimum Gasteiger partial charge on any atom is -0.508 e. The first-order valence-corrected chi connectivity index (χ1v) is 16.7. The number of benzene rings is 2. The van der Waals surface area contributed by atoms with Gasteiger partial charge in [-0.2, -0.15) is 0 Å². The predicted molar refractivity (Wildman–Crippen MR) is 168 cm³/mol. The van der Waals surface area contributed by atoms with Gasteiger partial charge in [-0.3, -0.25) is 4.79 Å². The Bertz CT molecular complexity index is 1050. The number of aliphatic carboxylic acids is 1. The van der Waals surface area contributed by atoms with Gasteiger partial charge in [0.1, 0.15) is 11.5 Å². The smallest absolute Gasteiger partial charge is 0.309 e. The van der Waals surface area contributed by atoms with E-state index in [1.165, 1.54) is 61.0 Å². The van der Waals surface area contributed by atoms with Gasteiger partial charge >= 0.3 is 5.97 Å². The van der Waals surface area contributed by atoms with Gasteiger partial charge in [-0.1, -0.05) is 110 Å². The highest BCUT2D eigenvalue weighted by molar-refractivity contribution is 7.99. The van der Waals surface area contributed by atoms with Crippen LogP contribution in [0, 0.1) is 5.41 Å². The fraction of sp³-hybridized carbons (Fsp3) is 0.629. The molecule has 0 bridgehead atoms. The molecule has 1 aliphatic heterocycles. The Balaban J connectivity index is 1.46. The topological polar surface area (TPSA) is 77.8 Å². The Morgan fingerprint density at radius 1 is 0.850 bits per heavy atom. The fourth-order valence-electron chi connectivity index (χ4n) is 6.64. The maximum Gasteiger partial charge on any atom is 0.309 e. The summed E-state index contributed by atoms with van der Waals surface area (Å²) in [6, 6.07) is 13.6. The van der Waals surface area contributed by atoms with Crippen LogP contribution in [0.15, 0.2) is 47.4 Å². The van der Waals surface area contributed by atoms with Crippen LogP contribution in [0.2, 0.25) is 0 Å². The number of thioether (sulfide) groups is 1. The molecule has 222 valence electrons. The third-order valence-corrected chi connectivity index (χ3v) is 10.9. The first kappa shape index (κ1) is 32.4. The van der Waals surface area contributed by atoms with E-state index >= 15 is 0 Å². The summed E-state index contributed by atoms with van der Waals surface area (Å²) in [6.45, 7) is 6.59. The van der Waals surface area contributed by atoms with E-state index in [-0.39, 0.29) is 5.41 Å². The second-order valence-corrected chi connectivity index (χ2v) is 13.3. The zero-order chi connectivity index (χ0) is 29.0. The Morgan fingerprint density at radius 3 is 2.02 bits per heavy atom. The van der Waals surface area contributed by atoms with Crippen molar-refractivity contribution in [1.82, 2.24) is 0 Å². The van der Waals surface area contributed by atoms with Crippen LogP contribution in [0.1, 0.15) is 134 Å². The summed E-state index contributed by atoms with van der Waals surface area (Å²) in [5.41, 5.74) is 2.03. The largest absolute Gasteiger partial charge is 0.508 e. The predicted octanol–water partition coefficient (Wildman–Crippen LogP) is 10.2. The van der Waals surface area contributed by atoms with E-state index in [9.17, 15) is 20.1 Å². The highest BCUT2D eigenvalue weighted by Gasteiger charge is 2.41. The van der Waals surface area contributed by atoms with E-state index in [0.717, 1.165) is 57.1 Å². The summed E-state index contributed by atoms with van der Waals surface area (Å²) in [5, 5.41) is 29.9. The lowest BCUT2D eigenvalue weighted by molar-refractivity contribution is -0.150. The summed E-state index contributed by atoms with van der Waals surface area (Å²) < 4.78 is 0. The number of carboxylic acids is 1. The fourth-order valence-corrected chi connectivity index (χ4v) is 8.04. The maximum atomic E-state index is 12.1. The van der Waals surface area contributed by atoms with Crippen molar-refractivity contribution >= 4 is 17.7 Å². The molecular weight excluding hydrogens is 516 g/mol. The van der Waals surface area contributed by atoms with E-state index in [1.807, 2.05) is 30.8 Å². The van der Waals surface area contributed by atoms with Crippen LogP contribution in [0.3, 0.4) is 0 Å². The van der Waals surface area contributed by atoms with Crippen molar-refractivity contribution in [1.29, 1.82) is 0 Å². The van der Waals surface area contributed by atoms with Crippen molar-refractivity contribution in [3.8, 4) is 11.5 Å². The quantitative estimate of drug-likeness (QED) is 0.156. The lowest BCUT2D eigenvalue weighted by Gasteiger charge is -2.43. The van der Waals surface area contributed by atoms with E-state index in [0.29, 0.717) is 17.4 Å². The molecule has 0 saturated carbocycles. The normalized spacial score (nSPS) is 20.1. The molecule has 5 heteroatoms. The number of carboxylic acid groups (broad SMARTS) is 1. The van der Waals surface area contributed by atoms with E-state index in [2.05, 4.69) is 32.0 Å². The summed E-state index contributed by atoms with van der Waals surface area (Å²) in [7, 11) is 0. The van der Waals surface area contributed by atoms with Crippen LogP contribution in [0.25, 0.3) is 0 Å². The van der Waals surface area contributed by atoms with Crippen molar-refractivity contribution in [3.05, 3.63) is 53.6 Å². The van der Waals surface area contributed by atoms with Crippen molar-refractivity contribution in [2.45, 2.75) is 133 Å². The first-order valence-electron chi connectivity index (χ1n) is 15.7. The molecule has 0 aliphatic carbocycles. The number of rotatable bonds is 18. The maximum absolute atomic E-state index is 12.1. The molecule has 4 nitrogen and oxygen atoms in total. The molecule has 2 aromatic carbocycles.